The van der Waals surface area contributed by atoms with Crippen molar-refractivity contribution in [2.45, 2.75) is 19.3 Å². The molecule has 0 fully saturated rings. The Morgan fingerprint density at radius 1 is 1.29 bits per heavy atom. The lowest BCUT2D eigenvalue weighted by atomic mass is 10.2. The predicted octanol–water partition coefficient (Wildman–Crippen LogP) is 2.78. The van der Waals surface area contributed by atoms with Crippen LogP contribution in [0.1, 0.15) is 25.2 Å². The highest BCUT2D eigenvalue weighted by Gasteiger charge is 2.21. The Morgan fingerprint density at radius 2 is 2.10 bits per heavy atom. The Kier molecular flexibility index (Phi) is 3.74. The molecule has 0 atom stereocenters. The van der Waals surface area contributed by atoms with E-state index in [1.165, 1.54) is 18.5 Å². The maximum Gasteiger partial charge on any atom is 0.256 e. The fraction of sp³-hybridized carbons (Fsp3) is 0.214. The van der Waals surface area contributed by atoms with Crippen molar-refractivity contribution in [1.82, 2.24) is 15.6 Å². The van der Waals surface area contributed by atoms with E-state index in [0.29, 0.717) is 17.3 Å². The van der Waals surface area contributed by atoms with Crippen molar-refractivity contribution in [1.29, 1.82) is 0 Å². The molecule has 0 saturated heterocycles. The molecule has 2 N–H and O–H groups in total. The summed E-state index contributed by atoms with van der Waals surface area (Å²) >= 11 is 0. The summed E-state index contributed by atoms with van der Waals surface area (Å²) in [6, 6.07) is 5.90. The summed E-state index contributed by atoms with van der Waals surface area (Å²) in [4.78, 5) is 8.44. The van der Waals surface area contributed by atoms with E-state index < -0.39 is 0 Å². The topological polar surface area (TPSA) is 83.5 Å². The van der Waals surface area contributed by atoms with Crippen LogP contribution in [-0.4, -0.2) is 21.7 Å². The molecule has 7 heteroatoms. The van der Waals surface area contributed by atoms with Crippen LogP contribution in [0.5, 0.6) is 0 Å². The lowest BCUT2D eigenvalue weighted by molar-refractivity contribution is 0.239. The molecule has 0 spiro atoms. The van der Waals surface area contributed by atoms with E-state index in [1.807, 2.05) is 5.48 Å². The largest absolute Gasteiger partial charge is 0.334 e. The van der Waals surface area contributed by atoms with Gasteiger partial charge in [-0.1, -0.05) is 5.16 Å². The van der Waals surface area contributed by atoms with Crippen molar-refractivity contribution in [2.24, 2.45) is 4.99 Å². The Balaban J connectivity index is 1.91. The average molecular weight is 288 g/mol. The molecule has 0 radical (unpaired) electrons. The van der Waals surface area contributed by atoms with Gasteiger partial charge in [-0.2, -0.15) is 4.98 Å². The van der Waals surface area contributed by atoms with E-state index in [-0.39, 0.29) is 5.82 Å². The second kappa shape index (κ2) is 5.84. The molecular weight excluding hydrogens is 275 g/mol. The summed E-state index contributed by atoms with van der Waals surface area (Å²) in [5, 5.41) is 12.5. The van der Waals surface area contributed by atoms with Crippen molar-refractivity contribution in [3.63, 3.8) is 0 Å². The number of hydrogen-bond donors (Lipinski definition) is 2. The van der Waals surface area contributed by atoms with Gasteiger partial charge in [0.1, 0.15) is 12.2 Å². The first kappa shape index (κ1) is 13.4. The van der Waals surface area contributed by atoms with Crippen LogP contribution in [0.3, 0.4) is 0 Å². The van der Waals surface area contributed by atoms with Crippen LogP contribution < -0.4 is 5.48 Å². The number of hydroxylamine groups is 1. The minimum atomic E-state index is -0.311. The molecule has 1 aliphatic carbocycles. The zero-order valence-corrected chi connectivity index (χ0v) is 11.1. The van der Waals surface area contributed by atoms with Gasteiger partial charge in [-0.25, -0.2) is 9.38 Å². The van der Waals surface area contributed by atoms with Gasteiger partial charge in [0.15, 0.2) is 0 Å². The first-order chi connectivity index (χ1) is 10.3. The predicted molar refractivity (Wildman–Crippen MR) is 73.9 cm³/mol. The molecular formula is C14H13FN4O2. The highest BCUT2D eigenvalue weighted by atomic mass is 19.1. The molecule has 21 heavy (non-hydrogen) atoms. The third kappa shape index (κ3) is 2.82. The van der Waals surface area contributed by atoms with Crippen LogP contribution in [0.2, 0.25) is 0 Å². The fourth-order valence-electron chi connectivity index (χ4n) is 2.27. The zero-order chi connectivity index (χ0) is 14.7. The van der Waals surface area contributed by atoms with E-state index in [1.54, 1.807) is 12.1 Å². The molecule has 1 aliphatic rings. The Bertz CT molecular complexity index is 691. The van der Waals surface area contributed by atoms with Gasteiger partial charge in [0, 0.05) is 11.1 Å². The first-order valence-electron chi connectivity index (χ1n) is 6.52. The van der Waals surface area contributed by atoms with Crippen molar-refractivity contribution in [2.75, 3.05) is 0 Å². The Hall–Kier alpha value is -2.54. The molecule has 1 aromatic carbocycles. The molecule has 108 valence electrons. The van der Waals surface area contributed by atoms with Gasteiger partial charge >= 0.3 is 0 Å². The molecule has 6 nitrogen and oxygen atoms in total. The monoisotopic (exact) mass is 288 g/mol. The Labute approximate surface area is 120 Å². The molecule has 1 heterocycles. The molecule has 0 amide bonds. The third-order valence-electron chi connectivity index (χ3n) is 3.25. The second-order valence-corrected chi connectivity index (χ2v) is 4.60. The number of allylic oxidation sites excluding steroid dienone is 2. The Morgan fingerprint density at radius 3 is 2.86 bits per heavy atom. The van der Waals surface area contributed by atoms with Crippen molar-refractivity contribution >= 4 is 11.9 Å². The van der Waals surface area contributed by atoms with Crippen LogP contribution in [0.15, 0.2) is 39.5 Å². The van der Waals surface area contributed by atoms with E-state index in [2.05, 4.69) is 15.1 Å². The van der Waals surface area contributed by atoms with E-state index in [0.717, 1.165) is 30.5 Å². The lowest BCUT2D eigenvalue weighted by Gasteiger charge is -1.96. The molecule has 0 saturated carbocycles. The maximum atomic E-state index is 12.9. The minimum Gasteiger partial charge on any atom is -0.334 e. The van der Waals surface area contributed by atoms with Gasteiger partial charge in [-0.15, -0.1) is 0 Å². The number of benzene rings is 1. The van der Waals surface area contributed by atoms with Crippen LogP contribution in [0.25, 0.3) is 17.0 Å². The van der Waals surface area contributed by atoms with E-state index >= 15 is 0 Å². The second-order valence-electron chi connectivity index (χ2n) is 4.60. The highest BCUT2D eigenvalue weighted by molar-refractivity contribution is 5.69. The summed E-state index contributed by atoms with van der Waals surface area (Å²) in [5.41, 5.74) is 4.25. The summed E-state index contributed by atoms with van der Waals surface area (Å²) in [7, 11) is 0. The maximum absolute atomic E-state index is 12.9. The number of nitrogens with zero attached hydrogens (tertiary/aromatic N) is 3. The van der Waals surface area contributed by atoms with Gasteiger partial charge in [-0.05, 0) is 43.5 Å². The average Bonchev–Trinajstić information content (AvgIpc) is 3.14. The number of hydrogen-bond acceptors (Lipinski definition) is 5. The number of aliphatic imine (C=N–C) groups is 1. The van der Waals surface area contributed by atoms with Crippen molar-refractivity contribution in [3.8, 4) is 11.4 Å². The summed E-state index contributed by atoms with van der Waals surface area (Å²) < 4.78 is 18.2. The zero-order valence-electron chi connectivity index (χ0n) is 11.1. The van der Waals surface area contributed by atoms with Crippen LogP contribution in [0, 0.1) is 5.82 Å². The van der Waals surface area contributed by atoms with Crippen molar-refractivity contribution in [3.05, 3.63) is 41.7 Å². The third-order valence-corrected chi connectivity index (χ3v) is 3.25. The molecule has 3 rings (SSSR count). The number of nitrogens with one attached hydrogen (secondary N) is 1. The SMILES string of the molecule is ONC=NC1=C(c2nc(-c3ccc(F)cc3)no2)CCC1. The van der Waals surface area contributed by atoms with Gasteiger partial charge in [-0.3, -0.25) is 10.7 Å². The minimum absolute atomic E-state index is 0.311. The summed E-state index contributed by atoms with van der Waals surface area (Å²) in [6.07, 6.45) is 3.74. The fourth-order valence-corrected chi connectivity index (χ4v) is 2.27. The molecule has 2 aromatic rings. The number of aromatic nitrogens is 2. The standard InChI is InChI=1S/C14H13FN4O2/c15-10-6-4-9(5-7-10)13-18-14(21-19-13)11-2-1-3-12(11)16-8-17-20/h4-8,20H,1-3H2,(H,16,17). The van der Waals surface area contributed by atoms with Crippen LogP contribution >= 0.6 is 0 Å². The normalized spacial score (nSPS) is 15.1. The summed E-state index contributed by atoms with van der Waals surface area (Å²) in [5.74, 6) is 0.513. The smallest absolute Gasteiger partial charge is 0.256 e. The number of rotatable bonds is 4. The molecule has 0 bridgehead atoms. The lowest BCUT2D eigenvalue weighted by Crippen LogP contribution is -2.02. The molecule has 0 unspecified atom stereocenters. The quantitative estimate of drug-likeness (QED) is 0.513. The van der Waals surface area contributed by atoms with Gasteiger partial charge in [0.2, 0.25) is 5.82 Å². The molecule has 0 aliphatic heterocycles. The first-order valence-corrected chi connectivity index (χ1v) is 6.52. The highest BCUT2D eigenvalue weighted by Crippen LogP contribution is 2.34. The van der Waals surface area contributed by atoms with Crippen LogP contribution in [0.4, 0.5) is 4.39 Å². The van der Waals surface area contributed by atoms with Crippen LogP contribution in [-0.2, 0) is 0 Å². The van der Waals surface area contributed by atoms with Crippen molar-refractivity contribution < 1.29 is 14.1 Å². The van der Waals surface area contributed by atoms with Gasteiger partial charge < -0.3 is 4.52 Å². The van der Waals surface area contributed by atoms with E-state index in [4.69, 9.17) is 9.73 Å². The van der Waals surface area contributed by atoms with E-state index in [9.17, 15) is 4.39 Å². The number of halogens is 1. The summed E-state index contributed by atoms with van der Waals surface area (Å²) in [6.45, 7) is 0. The van der Waals surface area contributed by atoms with Gasteiger partial charge in [0.25, 0.3) is 5.89 Å². The van der Waals surface area contributed by atoms with Gasteiger partial charge in [0.05, 0.1) is 5.70 Å². The molecule has 1 aromatic heterocycles.